The molecule has 0 radical (unpaired) electrons. The highest BCUT2D eigenvalue weighted by Gasteiger charge is 2.28. The van der Waals surface area contributed by atoms with E-state index < -0.39 is 18.1 Å². The fourth-order valence-electron chi connectivity index (χ4n) is 3.40. The maximum atomic E-state index is 12.8. The Balaban J connectivity index is 2.08. The van der Waals surface area contributed by atoms with Gasteiger partial charge in [0.25, 0.3) is 0 Å². The molecular weight excluding hydrogens is 328 g/mol. The second kappa shape index (κ2) is 10.1. The largest absolute Gasteiger partial charge is 0.392 e. The third kappa shape index (κ3) is 5.99. The molecule has 0 spiro atoms. The van der Waals surface area contributed by atoms with Crippen molar-refractivity contribution in [1.29, 1.82) is 0 Å². The van der Waals surface area contributed by atoms with Crippen LogP contribution in [-0.2, 0) is 16.0 Å². The van der Waals surface area contributed by atoms with Gasteiger partial charge in [-0.2, -0.15) is 0 Å². The number of aliphatic hydroxyl groups is 1. The Hall–Kier alpha value is -2.14. The van der Waals surface area contributed by atoms with Crippen molar-refractivity contribution in [2.75, 3.05) is 0 Å². The molecule has 5 heteroatoms. The number of aliphatic hydroxyl groups excluding tert-OH is 1. The predicted octanol–water partition coefficient (Wildman–Crippen LogP) is 2.35. The van der Waals surface area contributed by atoms with Crippen molar-refractivity contribution in [3.8, 4) is 0 Å². The van der Waals surface area contributed by atoms with E-state index in [0.717, 1.165) is 31.2 Å². The summed E-state index contributed by atoms with van der Waals surface area (Å²) in [6, 6.07) is 9.12. The Bertz CT molecular complexity index is 595. The Labute approximate surface area is 155 Å². The van der Waals surface area contributed by atoms with Crippen LogP contribution in [0.3, 0.4) is 0 Å². The molecule has 1 aliphatic carbocycles. The van der Waals surface area contributed by atoms with Crippen molar-refractivity contribution < 1.29 is 14.7 Å². The molecular formula is C21H30N2O3. The molecule has 1 aromatic rings. The minimum absolute atomic E-state index is 0.164. The van der Waals surface area contributed by atoms with Gasteiger partial charge in [0, 0.05) is 12.5 Å². The first-order chi connectivity index (χ1) is 12.5. The maximum Gasteiger partial charge on any atom is 0.243 e. The average Bonchev–Trinajstić information content (AvgIpc) is 2.63. The number of hydrogen-bond acceptors (Lipinski definition) is 3. The van der Waals surface area contributed by atoms with Crippen LogP contribution >= 0.6 is 0 Å². The Kier molecular flexibility index (Phi) is 7.85. The highest BCUT2D eigenvalue weighted by Crippen LogP contribution is 2.18. The lowest BCUT2D eigenvalue weighted by molar-refractivity contribution is -0.132. The van der Waals surface area contributed by atoms with Crippen molar-refractivity contribution >= 4 is 11.8 Å². The number of hydrogen-bond donors (Lipinski definition) is 3. The molecule has 2 amide bonds. The summed E-state index contributed by atoms with van der Waals surface area (Å²) < 4.78 is 0. The number of amides is 2. The molecule has 1 saturated carbocycles. The van der Waals surface area contributed by atoms with Gasteiger partial charge in [0.2, 0.25) is 11.8 Å². The quantitative estimate of drug-likeness (QED) is 0.624. The van der Waals surface area contributed by atoms with Crippen LogP contribution in [0.2, 0.25) is 0 Å². The van der Waals surface area contributed by atoms with Gasteiger partial charge in [-0.25, -0.2) is 0 Å². The second-order valence-corrected chi connectivity index (χ2v) is 7.10. The first kappa shape index (κ1) is 20.2. The van der Waals surface area contributed by atoms with Gasteiger partial charge >= 0.3 is 0 Å². The molecule has 3 atom stereocenters. The Morgan fingerprint density at radius 3 is 2.42 bits per heavy atom. The van der Waals surface area contributed by atoms with E-state index in [9.17, 15) is 14.7 Å². The number of rotatable bonds is 8. The van der Waals surface area contributed by atoms with E-state index in [1.54, 1.807) is 6.92 Å². The lowest BCUT2D eigenvalue weighted by Crippen LogP contribution is -2.52. The van der Waals surface area contributed by atoms with Crippen molar-refractivity contribution in [3.63, 3.8) is 0 Å². The highest BCUT2D eigenvalue weighted by molar-refractivity contribution is 5.89. The summed E-state index contributed by atoms with van der Waals surface area (Å²) in [7, 11) is 0. The summed E-state index contributed by atoms with van der Waals surface area (Å²) in [6.07, 6.45) is 6.41. The van der Waals surface area contributed by atoms with Crippen LogP contribution in [0.1, 0.15) is 44.6 Å². The van der Waals surface area contributed by atoms with Gasteiger partial charge in [-0.1, -0.05) is 55.7 Å². The number of carbonyl (C=O) groups excluding carboxylic acids is 2. The number of carbonyl (C=O) groups is 2. The van der Waals surface area contributed by atoms with Gasteiger partial charge < -0.3 is 15.7 Å². The molecule has 0 aliphatic heterocycles. The third-order valence-electron chi connectivity index (χ3n) is 4.94. The molecule has 0 unspecified atom stereocenters. The van der Waals surface area contributed by atoms with E-state index >= 15 is 0 Å². The van der Waals surface area contributed by atoms with Crippen LogP contribution in [0.4, 0.5) is 0 Å². The van der Waals surface area contributed by atoms with Crippen LogP contribution < -0.4 is 10.6 Å². The predicted molar refractivity (Wildman–Crippen MR) is 102 cm³/mol. The summed E-state index contributed by atoms with van der Waals surface area (Å²) in [6.45, 7) is 5.15. The molecule has 0 saturated heterocycles. The fraction of sp³-hybridized carbons (Fsp3) is 0.524. The zero-order valence-corrected chi connectivity index (χ0v) is 15.5. The monoisotopic (exact) mass is 358 g/mol. The van der Waals surface area contributed by atoms with E-state index in [1.165, 1.54) is 12.5 Å². The molecule has 3 N–H and O–H groups in total. The van der Waals surface area contributed by atoms with Crippen LogP contribution in [-0.4, -0.2) is 35.1 Å². The molecule has 0 aromatic heterocycles. The first-order valence-corrected chi connectivity index (χ1v) is 9.46. The molecule has 0 heterocycles. The highest BCUT2D eigenvalue weighted by atomic mass is 16.3. The van der Waals surface area contributed by atoms with Crippen LogP contribution in [0.5, 0.6) is 0 Å². The molecule has 1 aliphatic rings. The Morgan fingerprint density at radius 2 is 1.85 bits per heavy atom. The normalized spacial score (nSPS) is 18.4. The number of benzene rings is 1. The van der Waals surface area contributed by atoms with Crippen molar-refractivity contribution in [3.05, 3.63) is 48.6 Å². The fourth-order valence-corrected chi connectivity index (χ4v) is 3.40. The lowest BCUT2D eigenvalue weighted by atomic mass is 9.94. The van der Waals surface area contributed by atoms with Crippen LogP contribution in [0.15, 0.2) is 43.0 Å². The summed E-state index contributed by atoms with van der Waals surface area (Å²) in [5.74, 6) is -1.28. The van der Waals surface area contributed by atoms with Crippen molar-refractivity contribution in [2.45, 2.75) is 63.6 Å². The third-order valence-corrected chi connectivity index (χ3v) is 4.94. The van der Waals surface area contributed by atoms with Gasteiger partial charge in [-0.3, -0.25) is 9.59 Å². The molecule has 5 nitrogen and oxygen atoms in total. The number of nitrogens with one attached hydrogen (secondary N) is 2. The SMILES string of the molecule is C=C[C@H](C(=O)N[C@@H](Cc1ccccc1)C(=O)NC1CCCCC1)[C@@H](C)O. The molecule has 26 heavy (non-hydrogen) atoms. The van der Waals surface area contributed by atoms with Gasteiger partial charge in [0.05, 0.1) is 12.0 Å². The van der Waals surface area contributed by atoms with Gasteiger partial charge in [-0.05, 0) is 25.3 Å². The van der Waals surface area contributed by atoms with Gasteiger partial charge in [0.1, 0.15) is 6.04 Å². The zero-order valence-electron chi connectivity index (χ0n) is 15.5. The topological polar surface area (TPSA) is 78.4 Å². The minimum atomic E-state index is -0.855. The van der Waals surface area contributed by atoms with Gasteiger partial charge in [-0.15, -0.1) is 6.58 Å². The van der Waals surface area contributed by atoms with E-state index in [1.807, 2.05) is 30.3 Å². The average molecular weight is 358 g/mol. The molecule has 1 aromatic carbocycles. The molecule has 1 fully saturated rings. The second-order valence-electron chi connectivity index (χ2n) is 7.10. The lowest BCUT2D eigenvalue weighted by Gasteiger charge is -2.27. The summed E-state index contributed by atoms with van der Waals surface area (Å²) in [5, 5.41) is 15.6. The standard InChI is InChI=1S/C21H30N2O3/c1-3-18(15(2)24)20(25)23-19(14-16-10-6-4-7-11-16)21(26)22-17-12-8-5-9-13-17/h3-4,6-7,10-11,15,17-19,24H,1,5,8-9,12-14H2,2H3,(H,22,26)(H,23,25)/t15-,18+,19+/m1/s1. The van der Waals surface area contributed by atoms with Crippen molar-refractivity contribution in [1.82, 2.24) is 10.6 Å². The van der Waals surface area contributed by atoms with Crippen LogP contribution in [0, 0.1) is 5.92 Å². The molecule has 2 rings (SSSR count). The van der Waals surface area contributed by atoms with E-state index in [0.29, 0.717) is 6.42 Å². The van der Waals surface area contributed by atoms with Gasteiger partial charge in [0.15, 0.2) is 0 Å². The summed E-state index contributed by atoms with van der Waals surface area (Å²) in [4.78, 5) is 25.3. The first-order valence-electron chi connectivity index (χ1n) is 9.46. The summed E-state index contributed by atoms with van der Waals surface area (Å²) in [5.41, 5.74) is 0.976. The molecule has 0 bridgehead atoms. The smallest absolute Gasteiger partial charge is 0.243 e. The Morgan fingerprint density at radius 1 is 1.19 bits per heavy atom. The minimum Gasteiger partial charge on any atom is -0.392 e. The molecule has 142 valence electrons. The maximum absolute atomic E-state index is 12.8. The van der Waals surface area contributed by atoms with E-state index in [2.05, 4.69) is 17.2 Å². The van der Waals surface area contributed by atoms with E-state index in [4.69, 9.17) is 0 Å². The van der Waals surface area contributed by atoms with E-state index in [-0.39, 0.29) is 17.9 Å². The summed E-state index contributed by atoms with van der Waals surface area (Å²) >= 11 is 0. The zero-order chi connectivity index (χ0) is 18.9. The van der Waals surface area contributed by atoms with Crippen LogP contribution in [0.25, 0.3) is 0 Å². The van der Waals surface area contributed by atoms with Crippen molar-refractivity contribution in [2.24, 2.45) is 5.92 Å².